The van der Waals surface area contributed by atoms with E-state index in [1.165, 1.54) is 5.56 Å². The van der Waals surface area contributed by atoms with E-state index in [0.717, 1.165) is 18.7 Å². The molecule has 0 fully saturated rings. The Labute approximate surface area is 131 Å². The minimum atomic E-state index is 0.223. The Bertz CT molecular complexity index is 403. The van der Waals surface area contributed by atoms with Gasteiger partial charge in [-0.2, -0.15) is 0 Å². The first-order valence-corrected chi connectivity index (χ1v) is 8.24. The average molecular weight is 291 g/mol. The number of nitrogens with one attached hydrogen (secondary N) is 1. The molecule has 1 N–H and O–H groups in total. The highest BCUT2D eigenvalue weighted by Gasteiger charge is 2.24. The van der Waals surface area contributed by atoms with Crippen molar-refractivity contribution in [3.63, 3.8) is 0 Å². The summed E-state index contributed by atoms with van der Waals surface area (Å²) in [7, 11) is 0. The molecule has 0 heterocycles. The Hall–Kier alpha value is -1.02. The maximum absolute atomic E-state index is 5.72. The number of hydrogen-bond acceptors (Lipinski definition) is 2. The summed E-state index contributed by atoms with van der Waals surface area (Å²) in [4.78, 5) is 0. The molecular weight excluding hydrogens is 258 g/mol. The van der Waals surface area contributed by atoms with Crippen molar-refractivity contribution in [3.8, 4) is 5.75 Å². The van der Waals surface area contributed by atoms with E-state index >= 15 is 0 Å². The Kier molecular flexibility index (Phi) is 6.73. The quantitative estimate of drug-likeness (QED) is 0.746. The number of benzene rings is 1. The molecule has 2 nitrogen and oxygen atoms in total. The largest absolute Gasteiger partial charge is 0.491 e. The third-order valence-corrected chi connectivity index (χ3v) is 4.17. The van der Waals surface area contributed by atoms with E-state index < -0.39 is 0 Å². The SMILES string of the molecule is CCNC(CC(C)C(C)(C)C)c1ccc(OC(C)C)cc1. The summed E-state index contributed by atoms with van der Waals surface area (Å²) < 4.78 is 5.72. The molecule has 0 saturated heterocycles. The van der Waals surface area contributed by atoms with Crippen molar-refractivity contribution in [1.29, 1.82) is 0 Å². The van der Waals surface area contributed by atoms with E-state index in [-0.39, 0.29) is 6.10 Å². The molecule has 0 radical (unpaired) electrons. The number of ether oxygens (including phenoxy) is 1. The van der Waals surface area contributed by atoms with Crippen LogP contribution in [0.3, 0.4) is 0 Å². The molecule has 0 bridgehead atoms. The summed E-state index contributed by atoms with van der Waals surface area (Å²) in [6.45, 7) is 16.6. The van der Waals surface area contributed by atoms with Gasteiger partial charge in [-0.3, -0.25) is 0 Å². The van der Waals surface area contributed by atoms with Crippen molar-refractivity contribution in [1.82, 2.24) is 5.32 Å². The topological polar surface area (TPSA) is 21.3 Å². The summed E-state index contributed by atoms with van der Waals surface area (Å²) in [5.41, 5.74) is 1.69. The maximum Gasteiger partial charge on any atom is 0.119 e. The highest BCUT2D eigenvalue weighted by molar-refractivity contribution is 5.29. The molecule has 0 amide bonds. The predicted octanol–water partition coefficient (Wildman–Crippen LogP) is 5.20. The van der Waals surface area contributed by atoms with Gasteiger partial charge in [0.15, 0.2) is 0 Å². The van der Waals surface area contributed by atoms with Gasteiger partial charge >= 0.3 is 0 Å². The van der Waals surface area contributed by atoms with Crippen molar-refractivity contribution < 1.29 is 4.74 Å². The Balaban J connectivity index is 2.80. The van der Waals surface area contributed by atoms with Crippen LogP contribution >= 0.6 is 0 Å². The zero-order chi connectivity index (χ0) is 16.0. The molecule has 0 aromatic heterocycles. The van der Waals surface area contributed by atoms with Gasteiger partial charge < -0.3 is 10.1 Å². The Morgan fingerprint density at radius 3 is 2.05 bits per heavy atom. The van der Waals surface area contributed by atoms with E-state index in [1.54, 1.807) is 0 Å². The molecule has 0 aliphatic carbocycles. The second kappa shape index (κ2) is 7.84. The van der Waals surface area contributed by atoms with Crippen LogP contribution < -0.4 is 10.1 Å². The second-order valence-corrected chi connectivity index (χ2v) is 7.35. The van der Waals surface area contributed by atoms with E-state index in [1.807, 2.05) is 0 Å². The zero-order valence-corrected chi connectivity index (χ0v) is 14.9. The highest BCUT2D eigenvalue weighted by atomic mass is 16.5. The van der Waals surface area contributed by atoms with Gasteiger partial charge in [0.2, 0.25) is 0 Å². The molecule has 0 spiro atoms. The van der Waals surface area contributed by atoms with Gasteiger partial charge in [0.05, 0.1) is 6.10 Å². The summed E-state index contributed by atoms with van der Waals surface area (Å²) >= 11 is 0. The second-order valence-electron chi connectivity index (χ2n) is 7.35. The Morgan fingerprint density at radius 1 is 1.05 bits per heavy atom. The summed E-state index contributed by atoms with van der Waals surface area (Å²) in [5, 5.41) is 3.62. The van der Waals surface area contributed by atoms with E-state index in [0.29, 0.717) is 17.4 Å². The molecule has 2 atom stereocenters. The van der Waals surface area contributed by atoms with Crippen molar-refractivity contribution >= 4 is 0 Å². The van der Waals surface area contributed by atoms with Gasteiger partial charge in [-0.15, -0.1) is 0 Å². The zero-order valence-electron chi connectivity index (χ0n) is 14.9. The molecule has 2 heteroatoms. The minimum absolute atomic E-state index is 0.223. The van der Waals surface area contributed by atoms with Gasteiger partial charge in [-0.25, -0.2) is 0 Å². The lowest BCUT2D eigenvalue weighted by atomic mass is 9.77. The molecule has 120 valence electrons. The molecule has 1 aromatic rings. The summed E-state index contributed by atoms with van der Waals surface area (Å²) in [6, 6.07) is 8.97. The van der Waals surface area contributed by atoms with Crippen LogP contribution in [-0.2, 0) is 0 Å². The first-order chi connectivity index (χ1) is 9.74. The number of rotatable bonds is 7. The monoisotopic (exact) mass is 291 g/mol. The fraction of sp³-hybridized carbons (Fsp3) is 0.684. The number of hydrogen-bond donors (Lipinski definition) is 1. The minimum Gasteiger partial charge on any atom is -0.491 e. The van der Waals surface area contributed by atoms with Gasteiger partial charge in [-0.05, 0) is 55.8 Å². The van der Waals surface area contributed by atoms with Crippen molar-refractivity contribution in [3.05, 3.63) is 29.8 Å². The fourth-order valence-electron chi connectivity index (χ4n) is 2.34. The van der Waals surface area contributed by atoms with E-state index in [4.69, 9.17) is 4.74 Å². The molecule has 1 aromatic carbocycles. The van der Waals surface area contributed by atoms with Crippen LogP contribution in [0.5, 0.6) is 5.75 Å². The van der Waals surface area contributed by atoms with Crippen LogP contribution in [-0.4, -0.2) is 12.6 Å². The van der Waals surface area contributed by atoms with Gasteiger partial charge in [0.25, 0.3) is 0 Å². The van der Waals surface area contributed by atoms with Crippen LogP contribution in [0.15, 0.2) is 24.3 Å². The van der Waals surface area contributed by atoms with Crippen LogP contribution in [0.4, 0.5) is 0 Å². The van der Waals surface area contributed by atoms with Crippen LogP contribution in [0, 0.1) is 11.3 Å². The molecule has 2 unspecified atom stereocenters. The normalized spacial score (nSPS) is 15.0. The lowest BCUT2D eigenvalue weighted by Gasteiger charge is -2.31. The van der Waals surface area contributed by atoms with E-state index in [9.17, 15) is 0 Å². The molecule has 0 saturated carbocycles. The first kappa shape index (κ1) is 18.0. The van der Waals surface area contributed by atoms with Crippen molar-refractivity contribution in [2.75, 3.05) is 6.54 Å². The van der Waals surface area contributed by atoms with Gasteiger partial charge in [-0.1, -0.05) is 46.8 Å². The third-order valence-electron chi connectivity index (χ3n) is 4.17. The van der Waals surface area contributed by atoms with E-state index in [2.05, 4.69) is 78.0 Å². The smallest absolute Gasteiger partial charge is 0.119 e. The standard InChI is InChI=1S/C19H33NO/c1-8-20-18(13-15(4)19(5,6)7)16-9-11-17(12-10-16)21-14(2)3/h9-12,14-15,18,20H,8,13H2,1-7H3. The van der Waals surface area contributed by atoms with Crippen molar-refractivity contribution in [2.24, 2.45) is 11.3 Å². The average Bonchev–Trinajstić information content (AvgIpc) is 2.37. The van der Waals surface area contributed by atoms with Crippen LogP contribution in [0.2, 0.25) is 0 Å². The third kappa shape index (κ3) is 6.09. The highest BCUT2D eigenvalue weighted by Crippen LogP contribution is 2.33. The summed E-state index contributed by atoms with van der Waals surface area (Å²) in [5.74, 6) is 1.61. The van der Waals surface area contributed by atoms with Crippen LogP contribution in [0.1, 0.15) is 66.5 Å². The molecule has 21 heavy (non-hydrogen) atoms. The predicted molar refractivity (Wildman–Crippen MR) is 91.9 cm³/mol. The lowest BCUT2D eigenvalue weighted by Crippen LogP contribution is -2.27. The first-order valence-electron chi connectivity index (χ1n) is 8.24. The molecule has 0 aliphatic heterocycles. The van der Waals surface area contributed by atoms with Gasteiger partial charge in [0.1, 0.15) is 5.75 Å². The van der Waals surface area contributed by atoms with Crippen molar-refractivity contribution in [2.45, 2.75) is 67.0 Å². The summed E-state index contributed by atoms with van der Waals surface area (Å²) in [6.07, 6.45) is 1.38. The van der Waals surface area contributed by atoms with Crippen LogP contribution in [0.25, 0.3) is 0 Å². The fourth-order valence-corrected chi connectivity index (χ4v) is 2.34. The molecular formula is C19H33NO. The molecule has 1 rings (SSSR count). The van der Waals surface area contributed by atoms with Gasteiger partial charge in [0, 0.05) is 6.04 Å². The maximum atomic E-state index is 5.72. The molecule has 0 aliphatic rings. The lowest BCUT2D eigenvalue weighted by molar-refractivity contribution is 0.223. The Morgan fingerprint density at radius 2 is 1.62 bits per heavy atom.